The highest BCUT2D eigenvalue weighted by Gasteiger charge is 2.24. The summed E-state index contributed by atoms with van der Waals surface area (Å²) in [6.07, 6.45) is 4.94. The quantitative estimate of drug-likeness (QED) is 0.790. The fourth-order valence-electron chi connectivity index (χ4n) is 3.52. The van der Waals surface area contributed by atoms with E-state index >= 15 is 0 Å². The number of methoxy groups -OCH3 is 1. The summed E-state index contributed by atoms with van der Waals surface area (Å²) < 4.78 is 11.2. The molecule has 2 heterocycles. The van der Waals surface area contributed by atoms with Crippen molar-refractivity contribution in [2.45, 2.75) is 52.1 Å². The second kappa shape index (κ2) is 7.95. The van der Waals surface area contributed by atoms with Gasteiger partial charge in [0.1, 0.15) is 5.76 Å². The third-order valence-corrected chi connectivity index (χ3v) is 4.91. The van der Waals surface area contributed by atoms with E-state index in [2.05, 4.69) is 36.1 Å². The zero-order valence-corrected chi connectivity index (χ0v) is 15.0. The highest BCUT2D eigenvalue weighted by atomic mass is 16.5. The van der Waals surface area contributed by atoms with E-state index in [1.54, 1.807) is 7.11 Å². The maximum absolute atomic E-state index is 5.95. The molecule has 4 heteroatoms. The minimum absolute atomic E-state index is 0.595. The van der Waals surface area contributed by atoms with Gasteiger partial charge in [0, 0.05) is 31.9 Å². The molecular formula is C20H28N2O2. The molecule has 130 valence electrons. The van der Waals surface area contributed by atoms with Gasteiger partial charge in [-0.2, -0.15) is 0 Å². The van der Waals surface area contributed by atoms with Gasteiger partial charge in [-0.3, -0.25) is 4.90 Å². The summed E-state index contributed by atoms with van der Waals surface area (Å²) in [5, 5.41) is 0. The second-order valence-corrected chi connectivity index (χ2v) is 6.79. The van der Waals surface area contributed by atoms with Crippen LogP contribution >= 0.6 is 0 Å². The van der Waals surface area contributed by atoms with E-state index in [1.165, 1.54) is 24.8 Å². The van der Waals surface area contributed by atoms with Gasteiger partial charge in [0.2, 0.25) is 5.89 Å². The maximum atomic E-state index is 5.95. The average Bonchev–Trinajstić information content (AvgIpc) is 2.95. The van der Waals surface area contributed by atoms with E-state index in [0.717, 1.165) is 49.0 Å². The van der Waals surface area contributed by atoms with E-state index in [1.807, 2.05) is 6.92 Å². The fourth-order valence-corrected chi connectivity index (χ4v) is 3.52. The summed E-state index contributed by atoms with van der Waals surface area (Å²) in [4.78, 5) is 7.34. The van der Waals surface area contributed by atoms with Gasteiger partial charge in [0.15, 0.2) is 0 Å². The molecule has 1 saturated heterocycles. The van der Waals surface area contributed by atoms with Crippen LogP contribution in [-0.2, 0) is 11.3 Å². The maximum Gasteiger partial charge on any atom is 0.226 e. The van der Waals surface area contributed by atoms with Crippen molar-refractivity contribution in [1.82, 2.24) is 9.88 Å². The number of aromatic nitrogens is 1. The molecular weight excluding hydrogens is 300 g/mol. The second-order valence-electron chi connectivity index (χ2n) is 6.79. The molecule has 1 atom stereocenters. The molecule has 0 bridgehead atoms. The molecule has 1 aliphatic heterocycles. The Morgan fingerprint density at radius 2 is 2.17 bits per heavy atom. The smallest absolute Gasteiger partial charge is 0.226 e. The zero-order valence-electron chi connectivity index (χ0n) is 15.0. The summed E-state index contributed by atoms with van der Waals surface area (Å²) in [5.41, 5.74) is 3.34. The molecule has 0 amide bonds. The summed E-state index contributed by atoms with van der Waals surface area (Å²) in [5.74, 6) is 1.67. The van der Waals surface area contributed by atoms with Crippen LogP contribution in [0.1, 0.15) is 42.7 Å². The molecule has 0 unspecified atom stereocenters. The number of rotatable bonds is 6. The summed E-state index contributed by atoms with van der Waals surface area (Å²) in [6.45, 7) is 6.95. The SMILES string of the molecule is COCC[C@@H]1CCCCN1Cc1nc(-c2cccc(C)c2)oc1C. The van der Waals surface area contributed by atoms with Crippen molar-refractivity contribution in [3.63, 3.8) is 0 Å². The summed E-state index contributed by atoms with van der Waals surface area (Å²) >= 11 is 0. The minimum atomic E-state index is 0.595. The van der Waals surface area contributed by atoms with Crippen molar-refractivity contribution in [2.75, 3.05) is 20.3 Å². The number of likely N-dealkylation sites (tertiary alicyclic amines) is 1. The van der Waals surface area contributed by atoms with Gasteiger partial charge in [-0.15, -0.1) is 0 Å². The first kappa shape index (κ1) is 17.2. The Kier molecular flexibility index (Phi) is 5.69. The number of aryl methyl sites for hydroxylation is 2. The normalized spacial score (nSPS) is 18.9. The van der Waals surface area contributed by atoms with Crippen LogP contribution in [0.2, 0.25) is 0 Å². The van der Waals surface area contributed by atoms with Crippen LogP contribution in [0.4, 0.5) is 0 Å². The molecule has 2 aromatic rings. The number of oxazole rings is 1. The Morgan fingerprint density at radius 3 is 2.96 bits per heavy atom. The van der Waals surface area contributed by atoms with Gasteiger partial charge < -0.3 is 9.15 Å². The Morgan fingerprint density at radius 1 is 1.29 bits per heavy atom. The van der Waals surface area contributed by atoms with E-state index in [4.69, 9.17) is 14.1 Å². The number of hydrogen-bond donors (Lipinski definition) is 0. The van der Waals surface area contributed by atoms with Gasteiger partial charge in [-0.25, -0.2) is 4.98 Å². The predicted molar refractivity (Wildman–Crippen MR) is 96.0 cm³/mol. The lowest BCUT2D eigenvalue weighted by Crippen LogP contribution is -2.39. The Hall–Kier alpha value is -1.65. The molecule has 0 saturated carbocycles. The summed E-state index contributed by atoms with van der Waals surface area (Å²) in [6, 6.07) is 8.92. The molecule has 4 nitrogen and oxygen atoms in total. The van der Waals surface area contributed by atoms with Crippen molar-refractivity contribution in [1.29, 1.82) is 0 Å². The lowest BCUT2D eigenvalue weighted by molar-refractivity contribution is 0.0961. The molecule has 0 radical (unpaired) electrons. The molecule has 1 aromatic heterocycles. The van der Waals surface area contributed by atoms with E-state index in [-0.39, 0.29) is 0 Å². The van der Waals surface area contributed by atoms with Crippen molar-refractivity contribution >= 4 is 0 Å². The van der Waals surface area contributed by atoms with E-state index < -0.39 is 0 Å². The first-order chi connectivity index (χ1) is 11.7. The number of benzene rings is 1. The molecule has 1 aromatic carbocycles. The van der Waals surface area contributed by atoms with Crippen molar-refractivity contribution in [3.05, 3.63) is 41.3 Å². The van der Waals surface area contributed by atoms with Crippen LogP contribution in [0.5, 0.6) is 0 Å². The lowest BCUT2D eigenvalue weighted by Gasteiger charge is -2.35. The Labute approximate surface area is 144 Å². The minimum Gasteiger partial charge on any atom is -0.441 e. The molecule has 0 spiro atoms. The highest BCUT2D eigenvalue weighted by molar-refractivity contribution is 5.54. The Bertz CT molecular complexity index is 665. The first-order valence-corrected chi connectivity index (χ1v) is 8.93. The van der Waals surface area contributed by atoms with Gasteiger partial charge in [-0.05, 0) is 51.8 Å². The monoisotopic (exact) mass is 328 g/mol. The molecule has 3 rings (SSSR count). The molecule has 1 fully saturated rings. The predicted octanol–water partition coefficient (Wildman–Crippen LogP) is 4.35. The topological polar surface area (TPSA) is 38.5 Å². The van der Waals surface area contributed by atoms with Crippen LogP contribution in [0.3, 0.4) is 0 Å². The van der Waals surface area contributed by atoms with Gasteiger partial charge in [0.25, 0.3) is 0 Å². The lowest BCUT2D eigenvalue weighted by atomic mass is 9.99. The number of hydrogen-bond acceptors (Lipinski definition) is 4. The number of nitrogens with zero attached hydrogens (tertiary/aromatic N) is 2. The molecule has 0 aliphatic carbocycles. The highest BCUT2D eigenvalue weighted by Crippen LogP contribution is 2.26. The standard InChI is InChI=1S/C20H28N2O2/c1-15-7-6-8-17(13-15)20-21-19(16(2)24-20)14-22-11-5-4-9-18(22)10-12-23-3/h6-8,13,18H,4-5,9-12,14H2,1-3H3/t18-/m0/s1. The van der Waals surface area contributed by atoms with Crippen LogP contribution in [0.15, 0.2) is 28.7 Å². The fraction of sp³-hybridized carbons (Fsp3) is 0.550. The average molecular weight is 328 g/mol. The van der Waals surface area contributed by atoms with E-state index in [9.17, 15) is 0 Å². The third-order valence-electron chi connectivity index (χ3n) is 4.91. The largest absolute Gasteiger partial charge is 0.441 e. The Balaban J connectivity index is 1.75. The summed E-state index contributed by atoms with van der Waals surface area (Å²) in [7, 11) is 1.78. The van der Waals surface area contributed by atoms with Gasteiger partial charge in [-0.1, -0.05) is 24.1 Å². The van der Waals surface area contributed by atoms with Gasteiger partial charge in [0.05, 0.1) is 5.69 Å². The number of piperidine rings is 1. The van der Waals surface area contributed by atoms with Crippen LogP contribution in [0.25, 0.3) is 11.5 Å². The molecule has 1 aliphatic rings. The third kappa shape index (κ3) is 4.05. The van der Waals surface area contributed by atoms with Crippen molar-refractivity contribution in [3.8, 4) is 11.5 Å². The molecule has 0 N–H and O–H groups in total. The zero-order chi connectivity index (χ0) is 16.9. The number of ether oxygens (including phenoxy) is 1. The van der Waals surface area contributed by atoms with Crippen LogP contribution in [-0.4, -0.2) is 36.2 Å². The molecule has 24 heavy (non-hydrogen) atoms. The van der Waals surface area contributed by atoms with Crippen LogP contribution < -0.4 is 0 Å². The van der Waals surface area contributed by atoms with Crippen molar-refractivity contribution in [2.24, 2.45) is 0 Å². The van der Waals surface area contributed by atoms with E-state index in [0.29, 0.717) is 6.04 Å². The van der Waals surface area contributed by atoms with Crippen molar-refractivity contribution < 1.29 is 9.15 Å². The van der Waals surface area contributed by atoms with Gasteiger partial charge >= 0.3 is 0 Å². The first-order valence-electron chi connectivity index (χ1n) is 8.93. The van der Waals surface area contributed by atoms with Crippen LogP contribution in [0, 0.1) is 13.8 Å².